The van der Waals surface area contributed by atoms with Gasteiger partial charge in [0.25, 0.3) is 0 Å². The molecule has 148 valence electrons. The number of carbonyl (C=O) groups is 3. The maximum absolute atomic E-state index is 12.3. The highest BCUT2D eigenvalue weighted by Crippen LogP contribution is 2.17. The van der Waals surface area contributed by atoms with Gasteiger partial charge in [0, 0.05) is 19.6 Å². The Morgan fingerprint density at radius 3 is 2.41 bits per heavy atom. The van der Waals surface area contributed by atoms with Crippen molar-refractivity contribution < 1.29 is 14.4 Å². The van der Waals surface area contributed by atoms with Crippen molar-refractivity contribution in [1.82, 2.24) is 16.0 Å². The van der Waals surface area contributed by atoms with Crippen LogP contribution in [0.4, 0.5) is 0 Å². The Labute approximate surface area is 161 Å². The van der Waals surface area contributed by atoms with Gasteiger partial charge in [0.2, 0.25) is 17.7 Å². The van der Waals surface area contributed by atoms with Gasteiger partial charge in [0.05, 0.1) is 5.92 Å². The first-order valence-electron chi connectivity index (χ1n) is 9.80. The molecule has 1 aliphatic rings. The van der Waals surface area contributed by atoms with Gasteiger partial charge in [-0.1, -0.05) is 38.1 Å². The molecule has 6 heteroatoms. The molecule has 0 aromatic heterocycles. The van der Waals surface area contributed by atoms with Gasteiger partial charge in [-0.15, -0.1) is 0 Å². The van der Waals surface area contributed by atoms with Gasteiger partial charge < -0.3 is 16.0 Å². The number of piperidine rings is 1. The SMILES string of the molecule is CC(C)Cc1ccc([C@H](C)C(=O)NCCNC(=O)[C@@H]2CCCNC2=O)cc1. The molecule has 1 heterocycles. The minimum atomic E-state index is -0.613. The van der Waals surface area contributed by atoms with Crippen molar-refractivity contribution in [2.24, 2.45) is 11.8 Å². The minimum absolute atomic E-state index is 0.0729. The second-order valence-electron chi connectivity index (χ2n) is 7.63. The zero-order chi connectivity index (χ0) is 19.8. The van der Waals surface area contributed by atoms with Crippen LogP contribution in [0.15, 0.2) is 24.3 Å². The summed E-state index contributed by atoms with van der Waals surface area (Å²) in [4.78, 5) is 36.0. The van der Waals surface area contributed by atoms with E-state index in [1.165, 1.54) is 5.56 Å². The van der Waals surface area contributed by atoms with Gasteiger partial charge in [0.15, 0.2) is 0 Å². The highest BCUT2D eigenvalue weighted by Gasteiger charge is 2.28. The number of benzene rings is 1. The maximum Gasteiger partial charge on any atom is 0.232 e. The first kappa shape index (κ1) is 20.9. The molecule has 6 nitrogen and oxygen atoms in total. The average molecular weight is 373 g/mol. The third-order valence-electron chi connectivity index (χ3n) is 4.84. The molecule has 1 aromatic carbocycles. The van der Waals surface area contributed by atoms with Crippen LogP contribution in [0, 0.1) is 11.8 Å². The Bertz CT molecular complexity index is 655. The largest absolute Gasteiger partial charge is 0.355 e. The number of rotatable bonds is 8. The molecule has 0 unspecified atom stereocenters. The molecular weight excluding hydrogens is 342 g/mol. The summed E-state index contributed by atoms with van der Waals surface area (Å²) in [6, 6.07) is 8.17. The monoisotopic (exact) mass is 373 g/mol. The van der Waals surface area contributed by atoms with Crippen molar-refractivity contribution in [1.29, 1.82) is 0 Å². The van der Waals surface area contributed by atoms with Crippen LogP contribution in [0.25, 0.3) is 0 Å². The summed E-state index contributed by atoms with van der Waals surface area (Å²) in [5, 5.41) is 8.27. The highest BCUT2D eigenvalue weighted by molar-refractivity contribution is 6.00. The van der Waals surface area contributed by atoms with Gasteiger partial charge in [-0.2, -0.15) is 0 Å². The molecule has 27 heavy (non-hydrogen) atoms. The molecule has 0 bridgehead atoms. The number of carbonyl (C=O) groups excluding carboxylic acids is 3. The van der Waals surface area contributed by atoms with Crippen molar-refractivity contribution >= 4 is 17.7 Å². The number of hydrogen-bond donors (Lipinski definition) is 3. The van der Waals surface area contributed by atoms with Crippen LogP contribution in [0.1, 0.15) is 50.7 Å². The van der Waals surface area contributed by atoms with E-state index >= 15 is 0 Å². The van der Waals surface area contributed by atoms with Crippen LogP contribution >= 0.6 is 0 Å². The molecule has 0 aliphatic carbocycles. The molecule has 3 N–H and O–H groups in total. The Morgan fingerprint density at radius 2 is 1.78 bits per heavy atom. The normalized spacial score (nSPS) is 17.9. The van der Waals surface area contributed by atoms with Gasteiger partial charge >= 0.3 is 0 Å². The smallest absolute Gasteiger partial charge is 0.232 e. The molecule has 1 saturated heterocycles. The Balaban J connectivity index is 1.73. The Kier molecular flexibility index (Phi) is 7.82. The van der Waals surface area contributed by atoms with Crippen molar-refractivity contribution in [3.63, 3.8) is 0 Å². The zero-order valence-electron chi connectivity index (χ0n) is 16.5. The highest BCUT2D eigenvalue weighted by atomic mass is 16.2. The lowest BCUT2D eigenvalue weighted by molar-refractivity contribution is -0.137. The summed E-state index contributed by atoms with van der Waals surface area (Å²) in [5.74, 6) is -0.814. The quantitative estimate of drug-likeness (QED) is 0.479. The third-order valence-corrected chi connectivity index (χ3v) is 4.84. The fraction of sp³-hybridized carbons (Fsp3) is 0.571. The van der Waals surface area contributed by atoms with Crippen molar-refractivity contribution in [3.05, 3.63) is 35.4 Å². The zero-order valence-corrected chi connectivity index (χ0v) is 16.5. The van der Waals surface area contributed by atoms with Crippen molar-refractivity contribution in [2.45, 2.75) is 46.0 Å². The average Bonchev–Trinajstić information content (AvgIpc) is 2.64. The lowest BCUT2D eigenvalue weighted by atomic mass is 9.96. The van der Waals surface area contributed by atoms with E-state index in [1.54, 1.807) is 0 Å². The Hall–Kier alpha value is -2.37. The minimum Gasteiger partial charge on any atom is -0.355 e. The summed E-state index contributed by atoms with van der Waals surface area (Å²) in [7, 11) is 0. The van der Waals surface area contributed by atoms with E-state index in [0.29, 0.717) is 32.0 Å². The molecule has 3 amide bonds. The van der Waals surface area contributed by atoms with Gasteiger partial charge in [-0.3, -0.25) is 14.4 Å². The molecule has 2 atom stereocenters. The molecule has 2 rings (SSSR count). The van der Waals surface area contributed by atoms with Gasteiger partial charge in [0.1, 0.15) is 5.92 Å². The van der Waals surface area contributed by atoms with Crippen LogP contribution in [0.3, 0.4) is 0 Å². The van der Waals surface area contributed by atoms with E-state index in [2.05, 4.69) is 41.9 Å². The number of hydrogen-bond acceptors (Lipinski definition) is 3. The molecule has 1 aromatic rings. The molecule has 0 saturated carbocycles. The van der Waals surface area contributed by atoms with Crippen LogP contribution in [0.2, 0.25) is 0 Å². The second kappa shape index (κ2) is 10.1. The molecule has 0 radical (unpaired) electrons. The van der Waals surface area contributed by atoms with Crippen molar-refractivity contribution in [2.75, 3.05) is 19.6 Å². The van der Waals surface area contributed by atoms with Gasteiger partial charge in [-0.25, -0.2) is 0 Å². The number of amides is 3. The van der Waals surface area contributed by atoms with Crippen LogP contribution < -0.4 is 16.0 Å². The fourth-order valence-electron chi connectivity index (χ4n) is 3.24. The van der Waals surface area contributed by atoms with E-state index in [-0.39, 0.29) is 23.6 Å². The predicted octanol–water partition coefficient (Wildman–Crippen LogP) is 1.75. The van der Waals surface area contributed by atoms with Crippen LogP contribution in [-0.4, -0.2) is 37.4 Å². The predicted molar refractivity (Wildman–Crippen MR) is 105 cm³/mol. The standard InChI is InChI=1S/C21H31N3O3/c1-14(2)13-16-6-8-17(9-7-16)15(3)19(25)23-11-12-24-21(27)18-5-4-10-22-20(18)26/h6-9,14-15,18H,4-5,10-13H2,1-3H3,(H,22,26)(H,23,25)(H,24,27)/t15-,18+/m0/s1. The first-order chi connectivity index (χ1) is 12.9. The van der Waals surface area contributed by atoms with Gasteiger partial charge in [-0.05, 0) is 43.2 Å². The topological polar surface area (TPSA) is 87.3 Å². The summed E-state index contributed by atoms with van der Waals surface area (Å²) >= 11 is 0. The summed E-state index contributed by atoms with van der Waals surface area (Å²) in [6.45, 7) is 7.53. The molecule has 0 spiro atoms. The third kappa shape index (κ3) is 6.38. The van der Waals surface area contributed by atoms with Crippen LogP contribution in [0.5, 0.6) is 0 Å². The summed E-state index contributed by atoms with van der Waals surface area (Å²) < 4.78 is 0. The Morgan fingerprint density at radius 1 is 1.11 bits per heavy atom. The van der Waals surface area contributed by atoms with E-state index in [1.807, 2.05) is 19.1 Å². The molecule has 1 aliphatic heterocycles. The van der Waals surface area contributed by atoms with E-state index < -0.39 is 5.92 Å². The molecule has 1 fully saturated rings. The second-order valence-corrected chi connectivity index (χ2v) is 7.63. The summed E-state index contributed by atoms with van der Waals surface area (Å²) in [6.07, 6.45) is 2.42. The van der Waals surface area contributed by atoms with E-state index in [9.17, 15) is 14.4 Å². The van der Waals surface area contributed by atoms with E-state index in [0.717, 1.165) is 18.4 Å². The maximum atomic E-state index is 12.3. The first-order valence-corrected chi connectivity index (χ1v) is 9.80. The number of nitrogens with one attached hydrogen (secondary N) is 3. The lowest BCUT2D eigenvalue weighted by Gasteiger charge is -2.21. The summed E-state index contributed by atoms with van der Waals surface area (Å²) in [5.41, 5.74) is 2.25. The lowest BCUT2D eigenvalue weighted by Crippen LogP contribution is -2.46. The fourth-order valence-corrected chi connectivity index (χ4v) is 3.24. The van der Waals surface area contributed by atoms with Crippen molar-refractivity contribution in [3.8, 4) is 0 Å². The van der Waals surface area contributed by atoms with E-state index in [4.69, 9.17) is 0 Å². The van der Waals surface area contributed by atoms with Crippen LogP contribution in [-0.2, 0) is 20.8 Å². The molecular formula is C21H31N3O3.